The minimum absolute atomic E-state index is 0.0391. The summed E-state index contributed by atoms with van der Waals surface area (Å²) >= 11 is 0. The number of ether oxygens (including phenoxy) is 2. The molecule has 0 amide bonds. The van der Waals surface area contributed by atoms with Crippen molar-refractivity contribution in [2.24, 2.45) is 0 Å². The Balaban J connectivity index is 1.71. The fraction of sp³-hybridized carbons (Fsp3) is 0.238. The van der Waals surface area contributed by atoms with Crippen LogP contribution in [-0.2, 0) is 22.7 Å². The zero-order valence-electron chi connectivity index (χ0n) is 15.7. The van der Waals surface area contributed by atoms with E-state index in [4.69, 9.17) is 9.47 Å². The number of nitrogens with one attached hydrogen (secondary N) is 1. The molecule has 28 heavy (non-hydrogen) atoms. The SMILES string of the molecule is CCOC(=O)c1ccc(COCc2cccc3nc(C(C)=O)[nH]c(=O)c23)cc1. The van der Waals surface area contributed by atoms with Gasteiger partial charge in [0.15, 0.2) is 11.6 Å². The molecule has 0 saturated heterocycles. The van der Waals surface area contributed by atoms with Crippen LogP contribution < -0.4 is 5.56 Å². The Hall–Kier alpha value is -3.32. The molecule has 3 aromatic rings. The van der Waals surface area contributed by atoms with Gasteiger partial charge in [0.1, 0.15) is 0 Å². The van der Waals surface area contributed by atoms with Gasteiger partial charge in [-0.1, -0.05) is 24.3 Å². The van der Waals surface area contributed by atoms with Gasteiger partial charge in [-0.05, 0) is 36.2 Å². The smallest absolute Gasteiger partial charge is 0.338 e. The van der Waals surface area contributed by atoms with E-state index in [9.17, 15) is 14.4 Å². The molecule has 0 saturated carbocycles. The van der Waals surface area contributed by atoms with Gasteiger partial charge in [-0.2, -0.15) is 0 Å². The number of hydrogen-bond acceptors (Lipinski definition) is 6. The summed E-state index contributed by atoms with van der Waals surface area (Å²) < 4.78 is 10.7. The van der Waals surface area contributed by atoms with Gasteiger partial charge in [0.2, 0.25) is 0 Å². The van der Waals surface area contributed by atoms with E-state index < -0.39 is 0 Å². The van der Waals surface area contributed by atoms with Gasteiger partial charge in [0.25, 0.3) is 5.56 Å². The molecule has 7 nitrogen and oxygen atoms in total. The van der Waals surface area contributed by atoms with Crippen molar-refractivity contribution in [1.82, 2.24) is 9.97 Å². The van der Waals surface area contributed by atoms with Crippen molar-refractivity contribution >= 4 is 22.7 Å². The van der Waals surface area contributed by atoms with Crippen molar-refractivity contribution in [3.8, 4) is 0 Å². The van der Waals surface area contributed by atoms with Crippen molar-refractivity contribution in [3.63, 3.8) is 0 Å². The quantitative estimate of drug-likeness (QED) is 0.500. The summed E-state index contributed by atoms with van der Waals surface area (Å²) in [5, 5.41) is 0.408. The molecule has 0 unspecified atom stereocenters. The molecule has 7 heteroatoms. The summed E-state index contributed by atoms with van der Waals surface area (Å²) in [4.78, 5) is 42.2. The topological polar surface area (TPSA) is 98.3 Å². The summed E-state index contributed by atoms with van der Waals surface area (Å²) in [6.07, 6.45) is 0. The number of aromatic amines is 1. The van der Waals surface area contributed by atoms with E-state index in [0.717, 1.165) is 5.56 Å². The van der Waals surface area contributed by atoms with Crippen LogP contribution in [0.1, 0.15) is 46.0 Å². The van der Waals surface area contributed by atoms with E-state index in [1.54, 1.807) is 49.4 Å². The van der Waals surface area contributed by atoms with E-state index in [1.165, 1.54) is 6.92 Å². The highest BCUT2D eigenvalue weighted by Gasteiger charge is 2.11. The fourth-order valence-electron chi connectivity index (χ4n) is 2.78. The van der Waals surface area contributed by atoms with Crippen molar-refractivity contribution < 1.29 is 19.1 Å². The molecule has 1 heterocycles. The van der Waals surface area contributed by atoms with E-state index in [1.807, 2.05) is 0 Å². The van der Waals surface area contributed by atoms with E-state index in [0.29, 0.717) is 35.2 Å². The predicted octanol–water partition coefficient (Wildman–Crippen LogP) is 3.02. The summed E-state index contributed by atoms with van der Waals surface area (Å²) in [6.45, 7) is 3.97. The Bertz CT molecular complexity index is 1070. The van der Waals surface area contributed by atoms with Crippen LogP contribution in [-0.4, -0.2) is 28.3 Å². The lowest BCUT2D eigenvalue weighted by Gasteiger charge is -2.08. The normalized spacial score (nSPS) is 10.8. The maximum absolute atomic E-state index is 12.4. The first-order valence-corrected chi connectivity index (χ1v) is 8.86. The van der Waals surface area contributed by atoms with Crippen molar-refractivity contribution in [1.29, 1.82) is 0 Å². The first-order valence-electron chi connectivity index (χ1n) is 8.86. The lowest BCUT2D eigenvalue weighted by molar-refractivity contribution is 0.0526. The number of esters is 1. The first kappa shape index (κ1) is 19.4. The molecule has 0 fully saturated rings. The Kier molecular flexibility index (Phi) is 5.96. The number of H-pyrrole nitrogens is 1. The summed E-state index contributed by atoms with van der Waals surface area (Å²) in [5.41, 5.74) is 2.14. The van der Waals surface area contributed by atoms with Crippen molar-refractivity contribution in [2.75, 3.05) is 6.61 Å². The van der Waals surface area contributed by atoms with Gasteiger partial charge < -0.3 is 14.5 Å². The van der Waals surface area contributed by atoms with Crippen LogP contribution in [0.5, 0.6) is 0 Å². The van der Waals surface area contributed by atoms with Gasteiger partial charge in [-0.15, -0.1) is 0 Å². The number of carbonyl (C=O) groups excluding carboxylic acids is 2. The number of hydrogen-bond donors (Lipinski definition) is 1. The van der Waals surface area contributed by atoms with Crippen LogP contribution in [0.3, 0.4) is 0 Å². The molecular weight excluding hydrogens is 360 g/mol. The number of rotatable bonds is 7. The second-order valence-corrected chi connectivity index (χ2v) is 6.19. The number of carbonyl (C=O) groups is 2. The lowest BCUT2D eigenvalue weighted by Crippen LogP contribution is -2.16. The highest BCUT2D eigenvalue weighted by molar-refractivity contribution is 5.93. The van der Waals surface area contributed by atoms with E-state index in [-0.39, 0.29) is 29.7 Å². The van der Waals surface area contributed by atoms with Gasteiger partial charge >= 0.3 is 5.97 Å². The standard InChI is InChI=1S/C21H20N2O5/c1-3-28-21(26)15-9-7-14(8-10-15)11-27-12-16-5-4-6-17-18(16)20(25)23-19(22-17)13(2)24/h4-10H,3,11-12H2,1-2H3,(H,22,23,25). The molecular formula is C21H20N2O5. The average molecular weight is 380 g/mol. The second kappa shape index (κ2) is 8.58. The maximum Gasteiger partial charge on any atom is 0.338 e. The van der Waals surface area contributed by atoms with Crippen LogP contribution in [0.2, 0.25) is 0 Å². The summed E-state index contributed by atoms with van der Waals surface area (Å²) in [6, 6.07) is 12.2. The molecule has 3 rings (SSSR count). The molecule has 0 radical (unpaired) electrons. The zero-order chi connectivity index (χ0) is 20.1. The monoisotopic (exact) mass is 380 g/mol. The maximum atomic E-state index is 12.4. The third-order valence-electron chi connectivity index (χ3n) is 4.14. The molecule has 0 spiro atoms. The average Bonchev–Trinajstić information content (AvgIpc) is 2.68. The number of benzene rings is 2. The highest BCUT2D eigenvalue weighted by atomic mass is 16.5. The van der Waals surface area contributed by atoms with E-state index >= 15 is 0 Å². The Morgan fingerprint density at radius 1 is 1.07 bits per heavy atom. The number of fused-ring (bicyclic) bond motifs is 1. The molecule has 1 N–H and O–H groups in total. The number of Topliss-reactive ketones (excluding diaryl/α,β-unsaturated/α-hetero) is 1. The number of aromatic nitrogens is 2. The van der Waals surface area contributed by atoms with Crippen molar-refractivity contribution in [2.45, 2.75) is 27.1 Å². The molecule has 1 aromatic heterocycles. The molecule has 0 atom stereocenters. The summed E-state index contributed by atoms with van der Waals surface area (Å²) in [5.74, 6) is -0.619. The molecule has 2 aromatic carbocycles. The largest absolute Gasteiger partial charge is 0.462 e. The second-order valence-electron chi connectivity index (χ2n) is 6.19. The minimum Gasteiger partial charge on any atom is -0.462 e. The summed E-state index contributed by atoms with van der Waals surface area (Å²) in [7, 11) is 0. The first-order chi connectivity index (χ1) is 13.5. The Morgan fingerprint density at radius 2 is 1.82 bits per heavy atom. The number of nitrogens with zero attached hydrogens (tertiary/aromatic N) is 1. The van der Waals surface area contributed by atoms with Gasteiger partial charge in [-0.25, -0.2) is 9.78 Å². The number of ketones is 1. The Labute approximate surface area is 161 Å². The minimum atomic E-state index is -0.367. The van der Waals surface area contributed by atoms with Gasteiger partial charge in [0, 0.05) is 6.92 Å². The van der Waals surface area contributed by atoms with Crippen LogP contribution in [0.15, 0.2) is 47.3 Å². The van der Waals surface area contributed by atoms with Crippen LogP contribution in [0, 0.1) is 0 Å². The Morgan fingerprint density at radius 3 is 2.50 bits per heavy atom. The van der Waals surface area contributed by atoms with Crippen LogP contribution in [0.4, 0.5) is 0 Å². The van der Waals surface area contributed by atoms with E-state index in [2.05, 4.69) is 9.97 Å². The predicted molar refractivity (Wildman–Crippen MR) is 103 cm³/mol. The zero-order valence-corrected chi connectivity index (χ0v) is 15.7. The fourth-order valence-corrected chi connectivity index (χ4v) is 2.78. The molecule has 0 aliphatic heterocycles. The van der Waals surface area contributed by atoms with Gasteiger partial charge in [-0.3, -0.25) is 9.59 Å². The third kappa shape index (κ3) is 4.32. The molecule has 0 bridgehead atoms. The van der Waals surface area contributed by atoms with Crippen molar-refractivity contribution in [3.05, 3.63) is 75.3 Å². The van der Waals surface area contributed by atoms with Gasteiger partial charge in [0.05, 0.1) is 36.3 Å². The van der Waals surface area contributed by atoms with Crippen LogP contribution >= 0.6 is 0 Å². The third-order valence-corrected chi connectivity index (χ3v) is 4.14. The molecule has 144 valence electrons. The molecule has 0 aliphatic carbocycles. The van der Waals surface area contributed by atoms with Crippen LogP contribution in [0.25, 0.3) is 10.9 Å². The highest BCUT2D eigenvalue weighted by Crippen LogP contribution is 2.15. The lowest BCUT2D eigenvalue weighted by atomic mass is 10.1. The molecule has 0 aliphatic rings.